The van der Waals surface area contributed by atoms with Gasteiger partial charge in [-0.05, 0) is 61.1 Å². The van der Waals surface area contributed by atoms with Crippen molar-refractivity contribution in [2.45, 2.75) is 38.6 Å². The first-order valence-corrected chi connectivity index (χ1v) is 11.3. The fraction of sp³-hybridized carbons (Fsp3) is 0.375. The molecule has 0 radical (unpaired) electrons. The molecule has 9 nitrogen and oxygen atoms in total. The number of aryl methyl sites for hydroxylation is 1. The molecule has 1 amide bonds. The van der Waals surface area contributed by atoms with E-state index in [0.29, 0.717) is 37.4 Å². The molecule has 0 saturated carbocycles. The molecule has 5 heterocycles. The molecule has 1 aromatic carbocycles. The molecule has 9 heteroatoms. The number of H-pyrrole nitrogens is 1. The van der Waals surface area contributed by atoms with E-state index in [-0.39, 0.29) is 23.0 Å². The van der Waals surface area contributed by atoms with E-state index in [2.05, 4.69) is 20.2 Å². The predicted molar refractivity (Wildman–Crippen MR) is 121 cm³/mol. The van der Waals surface area contributed by atoms with Crippen molar-refractivity contribution in [2.24, 2.45) is 0 Å². The van der Waals surface area contributed by atoms with E-state index in [1.54, 1.807) is 12.3 Å². The van der Waals surface area contributed by atoms with Crippen molar-refractivity contribution in [3.05, 3.63) is 69.0 Å². The van der Waals surface area contributed by atoms with E-state index >= 15 is 0 Å². The van der Waals surface area contributed by atoms with Gasteiger partial charge in [-0.25, -0.2) is 0 Å². The zero-order chi connectivity index (χ0) is 22.5. The van der Waals surface area contributed by atoms with Crippen molar-refractivity contribution >= 4 is 22.6 Å². The van der Waals surface area contributed by atoms with Crippen LogP contribution in [0.5, 0.6) is 0 Å². The molecule has 168 valence electrons. The Bertz CT molecular complexity index is 1450. The molecule has 0 atom stereocenters. The van der Waals surface area contributed by atoms with Crippen molar-refractivity contribution in [3.63, 3.8) is 0 Å². The van der Waals surface area contributed by atoms with E-state index in [0.717, 1.165) is 41.7 Å². The van der Waals surface area contributed by atoms with Gasteiger partial charge in [-0.15, -0.1) is 10.2 Å². The van der Waals surface area contributed by atoms with Crippen LogP contribution in [-0.4, -0.2) is 55.1 Å². The SMILES string of the molecule is Cc1cc2c(cc1C(=O)N1CCc3cnccc3C1)[nH]c(=O)c1nnc(C3CCOCC3)n12. The van der Waals surface area contributed by atoms with Crippen molar-refractivity contribution in [2.75, 3.05) is 19.8 Å². The molecular weight excluding hydrogens is 420 g/mol. The summed E-state index contributed by atoms with van der Waals surface area (Å²) in [5.74, 6) is 0.929. The number of amides is 1. The second-order valence-corrected chi connectivity index (χ2v) is 8.86. The minimum absolute atomic E-state index is 0.0359. The van der Waals surface area contributed by atoms with E-state index in [1.165, 1.54) is 5.56 Å². The van der Waals surface area contributed by atoms with Gasteiger partial charge in [-0.1, -0.05) is 0 Å². The summed E-state index contributed by atoms with van der Waals surface area (Å²) in [7, 11) is 0. The molecule has 6 rings (SSSR count). The highest BCUT2D eigenvalue weighted by Gasteiger charge is 2.26. The van der Waals surface area contributed by atoms with Crippen LogP contribution in [0.2, 0.25) is 0 Å². The van der Waals surface area contributed by atoms with Crippen LogP contribution in [0.3, 0.4) is 0 Å². The van der Waals surface area contributed by atoms with E-state index in [9.17, 15) is 9.59 Å². The summed E-state index contributed by atoms with van der Waals surface area (Å²) < 4.78 is 7.35. The minimum Gasteiger partial charge on any atom is -0.381 e. The van der Waals surface area contributed by atoms with Gasteiger partial charge < -0.3 is 14.6 Å². The van der Waals surface area contributed by atoms with Gasteiger partial charge in [0.05, 0.1) is 11.0 Å². The first kappa shape index (κ1) is 20.0. The largest absolute Gasteiger partial charge is 0.381 e. The number of aromatic nitrogens is 5. The van der Waals surface area contributed by atoms with Crippen molar-refractivity contribution in [1.29, 1.82) is 0 Å². The number of benzene rings is 1. The van der Waals surface area contributed by atoms with Gasteiger partial charge in [0.1, 0.15) is 5.82 Å². The molecule has 33 heavy (non-hydrogen) atoms. The lowest BCUT2D eigenvalue weighted by atomic mass is 9.99. The predicted octanol–water partition coefficient (Wildman–Crippen LogP) is 2.37. The van der Waals surface area contributed by atoms with Crippen LogP contribution in [0.1, 0.15) is 51.6 Å². The first-order chi connectivity index (χ1) is 16.1. The lowest BCUT2D eigenvalue weighted by Gasteiger charge is -2.29. The van der Waals surface area contributed by atoms with E-state index in [1.807, 2.05) is 34.6 Å². The van der Waals surface area contributed by atoms with Crippen molar-refractivity contribution < 1.29 is 9.53 Å². The number of nitrogens with one attached hydrogen (secondary N) is 1. The monoisotopic (exact) mass is 444 g/mol. The minimum atomic E-state index is -0.310. The normalized spacial score (nSPS) is 16.9. The average Bonchev–Trinajstić information content (AvgIpc) is 3.30. The van der Waals surface area contributed by atoms with Gasteiger partial charge in [0.25, 0.3) is 11.5 Å². The fourth-order valence-corrected chi connectivity index (χ4v) is 5.01. The maximum absolute atomic E-state index is 13.5. The van der Waals surface area contributed by atoms with Crippen LogP contribution < -0.4 is 5.56 Å². The number of ether oxygens (including phenoxy) is 1. The Kier molecular flexibility index (Phi) is 4.72. The standard InChI is InChI=1S/C24H24N6O3/c1-14-10-20-19(11-18(14)24(32)29-7-3-16-12-25-6-2-17(16)13-29)26-23(31)22-28-27-21(30(20)22)15-4-8-33-9-5-15/h2,6,10-12,15H,3-5,7-9,13H2,1H3,(H,26,31). The molecule has 0 bridgehead atoms. The van der Waals surface area contributed by atoms with Gasteiger partial charge >= 0.3 is 0 Å². The third kappa shape index (κ3) is 3.31. The van der Waals surface area contributed by atoms with E-state index in [4.69, 9.17) is 4.74 Å². The number of carbonyl (C=O) groups excluding carboxylic acids is 1. The Morgan fingerprint density at radius 1 is 1.18 bits per heavy atom. The number of pyridine rings is 1. The molecule has 3 aromatic heterocycles. The van der Waals surface area contributed by atoms with Gasteiger partial charge in [-0.3, -0.25) is 19.0 Å². The summed E-state index contributed by atoms with van der Waals surface area (Å²) in [6.07, 6.45) is 6.12. The Balaban J connectivity index is 1.43. The van der Waals surface area contributed by atoms with Crippen LogP contribution in [0.4, 0.5) is 0 Å². The number of hydrogen-bond donors (Lipinski definition) is 1. The Morgan fingerprint density at radius 2 is 2.03 bits per heavy atom. The quantitative estimate of drug-likeness (QED) is 0.509. The number of hydrogen-bond acceptors (Lipinski definition) is 6. The second-order valence-electron chi connectivity index (χ2n) is 8.86. The summed E-state index contributed by atoms with van der Waals surface area (Å²) >= 11 is 0. The summed E-state index contributed by atoms with van der Waals surface area (Å²) in [5, 5.41) is 8.54. The third-order valence-electron chi connectivity index (χ3n) is 6.84. The molecule has 0 aliphatic carbocycles. The molecule has 1 saturated heterocycles. The number of fused-ring (bicyclic) bond motifs is 4. The van der Waals surface area contributed by atoms with Crippen LogP contribution in [0, 0.1) is 6.92 Å². The van der Waals surface area contributed by atoms with Crippen LogP contribution in [0.15, 0.2) is 35.4 Å². The molecule has 1 fully saturated rings. The molecule has 0 unspecified atom stereocenters. The molecule has 2 aliphatic heterocycles. The summed E-state index contributed by atoms with van der Waals surface area (Å²) in [5.41, 5.74) is 5.15. The average molecular weight is 444 g/mol. The maximum Gasteiger partial charge on any atom is 0.294 e. The van der Waals surface area contributed by atoms with Crippen molar-refractivity contribution in [1.82, 2.24) is 29.5 Å². The smallest absolute Gasteiger partial charge is 0.294 e. The van der Waals surface area contributed by atoms with Gasteiger partial charge in [0.2, 0.25) is 5.65 Å². The van der Waals surface area contributed by atoms with Gasteiger partial charge in [0, 0.05) is 50.2 Å². The topological polar surface area (TPSA) is 105 Å². The summed E-state index contributed by atoms with van der Waals surface area (Å²) in [4.78, 5) is 35.2. The number of nitrogens with zero attached hydrogens (tertiary/aromatic N) is 5. The lowest BCUT2D eigenvalue weighted by Crippen LogP contribution is -2.36. The van der Waals surface area contributed by atoms with Gasteiger partial charge in [0.15, 0.2) is 0 Å². The van der Waals surface area contributed by atoms with Crippen LogP contribution in [0.25, 0.3) is 16.7 Å². The highest BCUT2D eigenvalue weighted by Crippen LogP contribution is 2.29. The second kappa shape index (κ2) is 7.77. The summed E-state index contributed by atoms with van der Waals surface area (Å²) in [6.45, 7) is 4.48. The highest BCUT2D eigenvalue weighted by atomic mass is 16.5. The number of carbonyl (C=O) groups is 1. The van der Waals surface area contributed by atoms with Crippen molar-refractivity contribution in [3.8, 4) is 0 Å². The van der Waals surface area contributed by atoms with Gasteiger partial charge in [-0.2, -0.15) is 0 Å². The molecule has 0 spiro atoms. The lowest BCUT2D eigenvalue weighted by molar-refractivity contribution is 0.0734. The Hall–Kier alpha value is -3.59. The number of aromatic amines is 1. The highest BCUT2D eigenvalue weighted by molar-refractivity contribution is 5.99. The fourth-order valence-electron chi connectivity index (χ4n) is 5.01. The zero-order valence-corrected chi connectivity index (χ0v) is 18.4. The molecule has 4 aromatic rings. The molecule has 1 N–H and O–H groups in total. The Labute approximate surface area is 189 Å². The summed E-state index contributed by atoms with van der Waals surface area (Å²) in [6, 6.07) is 5.73. The zero-order valence-electron chi connectivity index (χ0n) is 18.4. The van der Waals surface area contributed by atoms with E-state index < -0.39 is 0 Å². The third-order valence-corrected chi connectivity index (χ3v) is 6.84. The molecule has 2 aliphatic rings. The maximum atomic E-state index is 13.5. The first-order valence-electron chi connectivity index (χ1n) is 11.3. The van der Waals surface area contributed by atoms with Crippen LogP contribution >= 0.6 is 0 Å². The Morgan fingerprint density at radius 3 is 2.88 bits per heavy atom. The van der Waals surface area contributed by atoms with Crippen LogP contribution in [-0.2, 0) is 17.7 Å². The number of rotatable bonds is 2. The molecular formula is C24H24N6O3.